The lowest BCUT2D eigenvalue weighted by Crippen LogP contribution is -2.19. The van der Waals surface area contributed by atoms with E-state index >= 15 is 0 Å². The number of carbonyl (C=O) groups is 1. The molecule has 0 aliphatic heterocycles. The van der Waals surface area contributed by atoms with Gasteiger partial charge in [0.2, 0.25) is 5.91 Å². The summed E-state index contributed by atoms with van der Waals surface area (Å²) in [5.74, 6) is -0.379. The Kier molecular flexibility index (Phi) is 5.43. The normalized spacial score (nSPS) is 10.8. The van der Waals surface area contributed by atoms with E-state index in [1.54, 1.807) is 28.9 Å². The Morgan fingerprint density at radius 1 is 1.26 bits per heavy atom. The maximum Gasteiger partial charge on any atom is 0.389 e. The van der Waals surface area contributed by atoms with Gasteiger partial charge in [-0.15, -0.1) is 0 Å². The molecule has 2 aromatic heterocycles. The molecule has 0 saturated heterocycles. The van der Waals surface area contributed by atoms with Gasteiger partial charge in [-0.3, -0.25) is 9.48 Å². The lowest BCUT2D eigenvalue weighted by atomic mass is 10.2. The molecule has 0 radical (unpaired) electrons. The average molecular weight is 409 g/mol. The molecule has 9 nitrogen and oxygen atoms in total. The number of anilines is 1. The van der Waals surface area contributed by atoms with E-state index in [9.17, 15) is 14.9 Å². The predicted octanol–water partition coefficient (Wildman–Crippen LogP) is 3.29. The molecule has 1 aromatic carbocycles. The molecule has 0 atom stereocenters. The van der Waals surface area contributed by atoms with Crippen LogP contribution >= 0.6 is 23.2 Å². The van der Waals surface area contributed by atoms with Gasteiger partial charge in [-0.2, -0.15) is 9.78 Å². The summed E-state index contributed by atoms with van der Waals surface area (Å²) in [5, 5.41) is 22.3. The first-order valence-corrected chi connectivity index (χ1v) is 8.54. The standard InChI is InChI=1S/C16H14Cl2N6O3/c1-10-7-14(19-16(25)9-22-6-5-15(21-22)24(26)27)20-23(10)8-11-12(17)3-2-4-13(11)18/h2-7H,8-9H2,1H3,(H,19,20,25). The first-order chi connectivity index (χ1) is 12.8. The van der Waals surface area contributed by atoms with E-state index in [4.69, 9.17) is 23.2 Å². The Bertz CT molecular complexity index is 993. The zero-order chi connectivity index (χ0) is 19.6. The Hall–Kier alpha value is -2.91. The highest BCUT2D eigenvalue weighted by atomic mass is 35.5. The van der Waals surface area contributed by atoms with Crippen LogP contribution in [0, 0.1) is 17.0 Å². The predicted molar refractivity (Wildman–Crippen MR) is 100 cm³/mol. The molecule has 2 heterocycles. The number of carbonyl (C=O) groups excluding carboxylic acids is 1. The van der Waals surface area contributed by atoms with Gasteiger partial charge in [-0.25, -0.2) is 0 Å². The SMILES string of the molecule is Cc1cc(NC(=O)Cn2ccc([N+](=O)[O-])n2)nn1Cc1c(Cl)cccc1Cl. The van der Waals surface area contributed by atoms with Crippen molar-refractivity contribution < 1.29 is 9.72 Å². The van der Waals surface area contributed by atoms with Crippen molar-refractivity contribution in [3.8, 4) is 0 Å². The first-order valence-electron chi connectivity index (χ1n) is 7.78. The second-order valence-electron chi connectivity index (χ2n) is 5.71. The number of hydrogen-bond donors (Lipinski definition) is 1. The lowest BCUT2D eigenvalue weighted by Gasteiger charge is -2.08. The van der Waals surface area contributed by atoms with Crippen LogP contribution in [0.5, 0.6) is 0 Å². The van der Waals surface area contributed by atoms with Gasteiger partial charge in [0.05, 0.1) is 23.9 Å². The number of benzene rings is 1. The fraction of sp³-hybridized carbons (Fsp3) is 0.188. The molecule has 3 rings (SSSR count). The van der Waals surface area contributed by atoms with Crippen molar-refractivity contribution in [2.24, 2.45) is 0 Å². The van der Waals surface area contributed by atoms with Gasteiger partial charge in [0.25, 0.3) is 0 Å². The summed E-state index contributed by atoms with van der Waals surface area (Å²) in [6, 6.07) is 8.17. The second kappa shape index (κ2) is 7.77. The third-order valence-electron chi connectivity index (χ3n) is 3.74. The smallest absolute Gasteiger partial charge is 0.358 e. The van der Waals surface area contributed by atoms with E-state index in [1.165, 1.54) is 16.9 Å². The van der Waals surface area contributed by atoms with E-state index in [-0.39, 0.29) is 12.4 Å². The van der Waals surface area contributed by atoms with Gasteiger partial charge in [-0.1, -0.05) is 29.3 Å². The minimum atomic E-state index is -0.626. The molecule has 3 aromatic rings. The molecular weight excluding hydrogens is 395 g/mol. The topological polar surface area (TPSA) is 108 Å². The van der Waals surface area contributed by atoms with Crippen LogP contribution in [0.3, 0.4) is 0 Å². The summed E-state index contributed by atoms with van der Waals surface area (Å²) >= 11 is 12.4. The van der Waals surface area contributed by atoms with Gasteiger partial charge in [0.1, 0.15) is 6.54 Å². The molecular formula is C16H14Cl2N6O3. The van der Waals surface area contributed by atoms with Crippen LogP contribution < -0.4 is 5.32 Å². The van der Waals surface area contributed by atoms with E-state index in [2.05, 4.69) is 15.5 Å². The number of halogens is 2. The third kappa shape index (κ3) is 4.44. The fourth-order valence-electron chi connectivity index (χ4n) is 2.43. The molecule has 11 heteroatoms. The Labute approximate surface area is 163 Å². The molecule has 0 unspecified atom stereocenters. The van der Waals surface area contributed by atoms with E-state index in [1.807, 2.05) is 6.92 Å². The van der Waals surface area contributed by atoms with Crippen LogP contribution in [-0.4, -0.2) is 30.4 Å². The largest absolute Gasteiger partial charge is 0.389 e. The van der Waals surface area contributed by atoms with E-state index < -0.39 is 10.8 Å². The van der Waals surface area contributed by atoms with Crippen molar-refractivity contribution in [2.45, 2.75) is 20.0 Å². The van der Waals surface area contributed by atoms with Crippen molar-refractivity contribution in [3.05, 3.63) is 67.9 Å². The maximum absolute atomic E-state index is 12.1. The number of nitrogens with zero attached hydrogens (tertiary/aromatic N) is 5. The van der Waals surface area contributed by atoms with Gasteiger partial charge < -0.3 is 15.4 Å². The molecule has 140 valence electrons. The molecule has 1 N–H and O–H groups in total. The highest BCUT2D eigenvalue weighted by Gasteiger charge is 2.15. The molecule has 0 saturated carbocycles. The Morgan fingerprint density at radius 3 is 2.59 bits per heavy atom. The van der Waals surface area contributed by atoms with Crippen LogP contribution in [0.25, 0.3) is 0 Å². The summed E-state index contributed by atoms with van der Waals surface area (Å²) in [4.78, 5) is 22.1. The number of amides is 1. The minimum Gasteiger partial charge on any atom is -0.358 e. The molecule has 0 aliphatic rings. The molecule has 1 amide bonds. The average Bonchev–Trinajstić information content (AvgIpc) is 3.18. The number of rotatable bonds is 6. The van der Waals surface area contributed by atoms with Crippen molar-refractivity contribution in [2.75, 3.05) is 5.32 Å². The summed E-state index contributed by atoms with van der Waals surface area (Å²) in [7, 11) is 0. The number of nitrogens with one attached hydrogen (secondary N) is 1. The quantitative estimate of drug-likeness (QED) is 0.497. The highest BCUT2D eigenvalue weighted by molar-refractivity contribution is 6.35. The van der Waals surface area contributed by atoms with Gasteiger partial charge >= 0.3 is 5.82 Å². The molecule has 27 heavy (non-hydrogen) atoms. The lowest BCUT2D eigenvalue weighted by molar-refractivity contribution is -0.389. The maximum atomic E-state index is 12.1. The summed E-state index contributed by atoms with van der Waals surface area (Å²) < 4.78 is 2.85. The summed E-state index contributed by atoms with van der Waals surface area (Å²) in [5.41, 5.74) is 1.53. The van der Waals surface area contributed by atoms with Crippen molar-refractivity contribution in [3.63, 3.8) is 0 Å². The molecule has 0 aliphatic carbocycles. The Morgan fingerprint density at radius 2 is 1.96 bits per heavy atom. The highest BCUT2D eigenvalue weighted by Crippen LogP contribution is 2.25. The van der Waals surface area contributed by atoms with E-state index in [0.717, 1.165) is 11.3 Å². The fourth-order valence-corrected chi connectivity index (χ4v) is 2.95. The number of hydrogen-bond acceptors (Lipinski definition) is 5. The number of aryl methyl sites for hydroxylation is 1. The summed E-state index contributed by atoms with van der Waals surface area (Å²) in [6.07, 6.45) is 1.36. The van der Waals surface area contributed by atoms with Gasteiger partial charge in [0.15, 0.2) is 5.82 Å². The van der Waals surface area contributed by atoms with Crippen LogP contribution in [0.15, 0.2) is 36.5 Å². The minimum absolute atomic E-state index is 0.171. The van der Waals surface area contributed by atoms with E-state index in [0.29, 0.717) is 22.4 Å². The van der Waals surface area contributed by atoms with Crippen molar-refractivity contribution in [1.29, 1.82) is 0 Å². The van der Waals surface area contributed by atoms with Crippen LogP contribution in [0.4, 0.5) is 11.6 Å². The molecule has 0 bridgehead atoms. The molecule has 0 fully saturated rings. The van der Waals surface area contributed by atoms with Crippen molar-refractivity contribution in [1.82, 2.24) is 19.6 Å². The summed E-state index contributed by atoms with van der Waals surface area (Å²) in [6.45, 7) is 2.02. The second-order valence-corrected chi connectivity index (χ2v) is 6.52. The van der Waals surface area contributed by atoms with Crippen molar-refractivity contribution >= 4 is 40.7 Å². The Balaban J connectivity index is 1.68. The van der Waals surface area contributed by atoms with Crippen LogP contribution in [0.1, 0.15) is 11.3 Å². The third-order valence-corrected chi connectivity index (χ3v) is 4.45. The molecule has 0 spiro atoms. The van der Waals surface area contributed by atoms with Crippen LogP contribution in [-0.2, 0) is 17.9 Å². The van der Waals surface area contributed by atoms with Crippen LogP contribution in [0.2, 0.25) is 10.0 Å². The van der Waals surface area contributed by atoms with Gasteiger partial charge in [0, 0.05) is 27.4 Å². The monoisotopic (exact) mass is 408 g/mol. The van der Waals surface area contributed by atoms with Gasteiger partial charge in [-0.05, 0) is 24.0 Å². The zero-order valence-electron chi connectivity index (χ0n) is 14.1. The number of aromatic nitrogens is 4. The zero-order valence-corrected chi connectivity index (χ0v) is 15.6. The first kappa shape index (κ1) is 18.9. The number of nitro groups is 1.